The molecule has 16 heavy (non-hydrogen) atoms. The van der Waals surface area contributed by atoms with Crippen LogP contribution in [0, 0.1) is 0 Å². The predicted octanol–water partition coefficient (Wildman–Crippen LogP) is 0.602. The maximum absolute atomic E-state index is 10.9. The van der Waals surface area contributed by atoms with Crippen molar-refractivity contribution < 1.29 is 4.79 Å². The third kappa shape index (κ3) is 1.70. The number of carbonyl (C=O) groups excluding carboxylic acids is 1. The first kappa shape index (κ1) is 10.4. The number of hydrogen-bond donors (Lipinski definition) is 2. The van der Waals surface area contributed by atoms with E-state index in [2.05, 4.69) is 10.3 Å². The van der Waals surface area contributed by atoms with Gasteiger partial charge in [-0.2, -0.15) is 4.68 Å². The molecule has 0 bridgehead atoms. The summed E-state index contributed by atoms with van der Waals surface area (Å²) in [6.07, 6.45) is 0. The quantitative estimate of drug-likeness (QED) is 0.799. The molecule has 0 saturated heterocycles. The molecule has 82 valence electrons. The zero-order chi connectivity index (χ0) is 11.7. The average Bonchev–Trinajstić information content (AvgIpc) is 2.60. The molecule has 0 atom stereocenters. The van der Waals surface area contributed by atoms with Crippen molar-refractivity contribution in [1.29, 1.82) is 0 Å². The third-order valence-electron chi connectivity index (χ3n) is 1.99. The Balaban J connectivity index is 2.53. The van der Waals surface area contributed by atoms with Crippen LogP contribution < -0.4 is 11.5 Å². The molecule has 1 heterocycles. The highest BCUT2D eigenvalue weighted by Crippen LogP contribution is 2.18. The number of primary amides is 1. The van der Waals surface area contributed by atoms with Gasteiger partial charge in [-0.05, 0) is 18.2 Å². The number of rotatable bonds is 2. The van der Waals surface area contributed by atoms with Gasteiger partial charge in [-0.25, -0.2) is 0 Å². The highest BCUT2D eigenvalue weighted by Gasteiger charge is 2.15. The van der Waals surface area contributed by atoms with Gasteiger partial charge in [-0.1, -0.05) is 22.9 Å². The number of carbonyl (C=O) groups is 1. The molecule has 4 N–H and O–H groups in total. The molecule has 0 aliphatic heterocycles. The molecule has 6 nitrogen and oxygen atoms in total. The van der Waals surface area contributed by atoms with E-state index in [1.165, 1.54) is 4.68 Å². The second-order valence-electron chi connectivity index (χ2n) is 3.08. The lowest BCUT2D eigenvalue weighted by atomic mass is 10.3. The van der Waals surface area contributed by atoms with Crippen LogP contribution in [0.4, 0.5) is 5.82 Å². The van der Waals surface area contributed by atoms with Gasteiger partial charge in [0.1, 0.15) is 0 Å². The van der Waals surface area contributed by atoms with Gasteiger partial charge in [-0.3, -0.25) is 4.79 Å². The van der Waals surface area contributed by atoms with Crippen LogP contribution in [0.5, 0.6) is 0 Å². The lowest BCUT2D eigenvalue weighted by molar-refractivity contribution is 0.0996. The number of halogens is 1. The monoisotopic (exact) mass is 237 g/mol. The van der Waals surface area contributed by atoms with Crippen molar-refractivity contribution >= 4 is 23.3 Å². The zero-order valence-electron chi connectivity index (χ0n) is 8.09. The Bertz CT molecular complexity index is 551. The van der Waals surface area contributed by atoms with Crippen LogP contribution in [-0.2, 0) is 0 Å². The van der Waals surface area contributed by atoms with Crippen LogP contribution in [0.25, 0.3) is 5.69 Å². The summed E-state index contributed by atoms with van der Waals surface area (Å²) in [5.74, 6) is -0.624. The molecular formula is C9H8ClN5O. The maximum Gasteiger partial charge on any atom is 0.273 e. The second kappa shape index (κ2) is 3.82. The van der Waals surface area contributed by atoms with E-state index < -0.39 is 5.91 Å². The zero-order valence-corrected chi connectivity index (χ0v) is 8.85. The van der Waals surface area contributed by atoms with Gasteiger partial charge in [-0.15, -0.1) is 5.10 Å². The lowest BCUT2D eigenvalue weighted by Crippen LogP contribution is -2.14. The predicted molar refractivity (Wildman–Crippen MR) is 59.3 cm³/mol. The Morgan fingerprint density at radius 2 is 2.19 bits per heavy atom. The van der Waals surface area contributed by atoms with Crippen LogP contribution in [-0.4, -0.2) is 20.9 Å². The molecule has 0 aliphatic rings. The van der Waals surface area contributed by atoms with Crippen LogP contribution >= 0.6 is 11.6 Å². The fraction of sp³-hybridized carbons (Fsp3) is 0. The Kier molecular flexibility index (Phi) is 2.49. The van der Waals surface area contributed by atoms with Crippen molar-refractivity contribution in [2.75, 3.05) is 5.73 Å². The van der Waals surface area contributed by atoms with Crippen LogP contribution in [0.2, 0.25) is 5.02 Å². The number of nitrogen functional groups attached to an aromatic ring is 1. The van der Waals surface area contributed by atoms with Gasteiger partial charge in [0.05, 0.1) is 5.69 Å². The number of benzene rings is 1. The highest BCUT2D eigenvalue weighted by molar-refractivity contribution is 6.30. The van der Waals surface area contributed by atoms with E-state index in [1.54, 1.807) is 24.3 Å². The smallest absolute Gasteiger partial charge is 0.273 e. The molecule has 1 aromatic heterocycles. The summed E-state index contributed by atoms with van der Waals surface area (Å²) in [6.45, 7) is 0. The molecule has 0 radical (unpaired) electrons. The average molecular weight is 238 g/mol. The number of hydrogen-bond acceptors (Lipinski definition) is 4. The fourth-order valence-electron chi connectivity index (χ4n) is 1.26. The Hall–Kier alpha value is -2.08. The molecule has 0 spiro atoms. The van der Waals surface area contributed by atoms with Gasteiger partial charge in [0.15, 0.2) is 11.5 Å². The standard InChI is InChI=1S/C9H8ClN5O/c10-5-2-1-3-6(4-5)15-8(11)7(9(12)16)13-14-15/h1-4H,11H2,(H2,12,16). The van der Waals surface area contributed by atoms with Gasteiger partial charge in [0.2, 0.25) is 0 Å². The summed E-state index contributed by atoms with van der Waals surface area (Å²) in [6, 6.07) is 6.84. The minimum atomic E-state index is -0.717. The SMILES string of the molecule is NC(=O)c1nnn(-c2cccc(Cl)c2)c1N. The van der Waals surface area contributed by atoms with Crippen molar-refractivity contribution in [2.45, 2.75) is 0 Å². The van der Waals surface area contributed by atoms with Gasteiger partial charge in [0, 0.05) is 5.02 Å². The summed E-state index contributed by atoms with van der Waals surface area (Å²) in [5, 5.41) is 7.86. The Morgan fingerprint density at radius 1 is 1.44 bits per heavy atom. The molecular weight excluding hydrogens is 230 g/mol. The van der Waals surface area contributed by atoms with Gasteiger partial charge < -0.3 is 11.5 Å². The first-order valence-electron chi connectivity index (χ1n) is 4.36. The van der Waals surface area contributed by atoms with Crippen molar-refractivity contribution in [3.8, 4) is 5.69 Å². The first-order valence-corrected chi connectivity index (χ1v) is 4.74. The highest BCUT2D eigenvalue weighted by atomic mass is 35.5. The lowest BCUT2D eigenvalue weighted by Gasteiger charge is -2.02. The second-order valence-corrected chi connectivity index (χ2v) is 3.52. The molecule has 0 aliphatic carbocycles. The molecule has 0 saturated carbocycles. The molecule has 2 rings (SSSR count). The molecule has 0 fully saturated rings. The number of nitrogens with zero attached hydrogens (tertiary/aromatic N) is 3. The van der Waals surface area contributed by atoms with Crippen molar-refractivity contribution in [1.82, 2.24) is 15.0 Å². The van der Waals surface area contributed by atoms with Crippen molar-refractivity contribution in [3.05, 3.63) is 35.0 Å². The van der Waals surface area contributed by atoms with Crippen LogP contribution in [0.3, 0.4) is 0 Å². The van der Waals surface area contributed by atoms with Crippen LogP contribution in [0.15, 0.2) is 24.3 Å². The topological polar surface area (TPSA) is 99.8 Å². The fourth-order valence-corrected chi connectivity index (χ4v) is 1.45. The molecule has 0 unspecified atom stereocenters. The summed E-state index contributed by atoms with van der Waals surface area (Å²) >= 11 is 5.82. The van der Waals surface area contributed by atoms with E-state index in [-0.39, 0.29) is 11.5 Å². The summed E-state index contributed by atoms with van der Waals surface area (Å²) in [4.78, 5) is 10.9. The normalized spacial score (nSPS) is 10.3. The summed E-state index contributed by atoms with van der Waals surface area (Å²) < 4.78 is 1.30. The first-order chi connectivity index (χ1) is 7.59. The van der Waals surface area contributed by atoms with E-state index in [0.29, 0.717) is 10.7 Å². The van der Waals surface area contributed by atoms with E-state index in [1.807, 2.05) is 0 Å². The number of nitrogens with two attached hydrogens (primary N) is 2. The number of anilines is 1. The minimum absolute atomic E-state index is 0.0556. The van der Waals surface area contributed by atoms with E-state index in [4.69, 9.17) is 23.1 Å². The Morgan fingerprint density at radius 3 is 2.75 bits per heavy atom. The summed E-state index contributed by atoms with van der Waals surface area (Å²) in [5.41, 5.74) is 11.3. The molecule has 7 heteroatoms. The van der Waals surface area contributed by atoms with Gasteiger partial charge in [0.25, 0.3) is 5.91 Å². The largest absolute Gasteiger partial charge is 0.382 e. The Labute approximate surface area is 95.8 Å². The van der Waals surface area contributed by atoms with E-state index >= 15 is 0 Å². The molecule has 1 amide bonds. The van der Waals surface area contributed by atoms with Gasteiger partial charge >= 0.3 is 0 Å². The van der Waals surface area contributed by atoms with E-state index in [0.717, 1.165) is 0 Å². The minimum Gasteiger partial charge on any atom is -0.382 e. The van der Waals surface area contributed by atoms with Crippen molar-refractivity contribution in [2.24, 2.45) is 5.73 Å². The van der Waals surface area contributed by atoms with E-state index in [9.17, 15) is 4.79 Å². The summed E-state index contributed by atoms with van der Waals surface area (Å²) in [7, 11) is 0. The molecule has 1 aromatic carbocycles. The number of amides is 1. The van der Waals surface area contributed by atoms with Crippen molar-refractivity contribution in [3.63, 3.8) is 0 Å². The molecule has 2 aromatic rings. The number of aromatic nitrogens is 3. The maximum atomic E-state index is 10.9. The third-order valence-corrected chi connectivity index (χ3v) is 2.23. The van der Waals surface area contributed by atoms with Crippen LogP contribution in [0.1, 0.15) is 10.5 Å².